The van der Waals surface area contributed by atoms with Crippen molar-refractivity contribution in [3.8, 4) is 5.75 Å². The van der Waals surface area contributed by atoms with E-state index in [1.165, 1.54) is 15.9 Å². The number of ether oxygens (including phenoxy) is 3. The van der Waals surface area contributed by atoms with Crippen molar-refractivity contribution in [2.45, 2.75) is 70.5 Å². The summed E-state index contributed by atoms with van der Waals surface area (Å²) in [7, 11) is 0. The van der Waals surface area contributed by atoms with Crippen LogP contribution in [0.4, 0.5) is 4.79 Å². The van der Waals surface area contributed by atoms with E-state index < -0.39 is 36.0 Å². The minimum atomic E-state index is -1.08. The van der Waals surface area contributed by atoms with Crippen LogP contribution < -0.4 is 15.4 Å². The average molecular weight is 681 g/mol. The maximum Gasteiger partial charge on any atom is 0.409 e. The molecule has 1 saturated carbocycles. The maximum atomic E-state index is 13.7. The number of piperazine rings is 1. The lowest BCUT2D eigenvalue weighted by Gasteiger charge is -2.36. The number of fused-ring (bicyclic) bond motifs is 1. The van der Waals surface area contributed by atoms with Crippen LogP contribution in [-0.2, 0) is 28.7 Å². The molecule has 49 heavy (non-hydrogen) atoms. The summed E-state index contributed by atoms with van der Waals surface area (Å²) < 4.78 is 16.1. The minimum absolute atomic E-state index is 0.0156. The Kier molecular flexibility index (Phi) is 11.9. The first-order valence-corrected chi connectivity index (χ1v) is 17.0. The second-order valence-corrected chi connectivity index (χ2v) is 12.2. The number of esters is 1. The largest absolute Gasteiger partial charge is 0.483 e. The van der Waals surface area contributed by atoms with Crippen molar-refractivity contribution in [1.29, 1.82) is 0 Å². The van der Waals surface area contributed by atoms with Gasteiger partial charge in [-0.1, -0.05) is 12.1 Å². The summed E-state index contributed by atoms with van der Waals surface area (Å²) in [6, 6.07) is 6.97. The average Bonchev–Trinajstić information content (AvgIpc) is 3.78. The van der Waals surface area contributed by atoms with Crippen LogP contribution in [0.3, 0.4) is 0 Å². The number of benzene rings is 1. The van der Waals surface area contributed by atoms with E-state index in [2.05, 4.69) is 15.6 Å². The number of para-hydroxylation sites is 1. The van der Waals surface area contributed by atoms with Gasteiger partial charge in [-0.25, -0.2) is 9.78 Å². The number of hydrogen-bond donors (Lipinski definition) is 2. The second-order valence-electron chi connectivity index (χ2n) is 12.2. The van der Waals surface area contributed by atoms with E-state index in [0.717, 1.165) is 12.8 Å². The summed E-state index contributed by atoms with van der Waals surface area (Å²) in [5, 5.41) is 6.29. The van der Waals surface area contributed by atoms with Gasteiger partial charge in [-0.05, 0) is 58.1 Å². The summed E-state index contributed by atoms with van der Waals surface area (Å²) >= 11 is 0. The Morgan fingerprint density at radius 1 is 0.918 bits per heavy atom. The first-order chi connectivity index (χ1) is 23.7. The van der Waals surface area contributed by atoms with E-state index >= 15 is 0 Å². The number of aromatic nitrogens is 1. The molecule has 2 aromatic rings. The predicted octanol–water partition coefficient (Wildman–Crippen LogP) is 1.63. The molecule has 0 bridgehead atoms. The lowest BCUT2D eigenvalue weighted by Crippen LogP contribution is -2.56. The van der Waals surface area contributed by atoms with Crippen molar-refractivity contribution >= 4 is 46.6 Å². The quantitative estimate of drug-likeness (QED) is 0.296. The van der Waals surface area contributed by atoms with Crippen LogP contribution in [0.2, 0.25) is 0 Å². The minimum Gasteiger partial charge on any atom is -0.483 e. The molecule has 2 saturated heterocycles. The van der Waals surface area contributed by atoms with E-state index in [9.17, 15) is 28.8 Å². The molecule has 3 aliphatic rings. The summed E-state index contributed by atoms with van der Waals surface area (Å²) in [5.74, 6) is -1.83. The number of pyridine rings is 1. The third-order valence-electron chi connectivity index (χ3n) is 8.72. The van der Waals surface area contributed by atoms with Gasteiger partial charge in [0.25, 0.3) is 11.8 Å². The van der Waals surface area contributed by atoms with E-state index in [-0.39, 0.29) is 88.1 Å². The van der Waals surface area contributed by atoms with Crippen molar-refractivity contribution in [1.82, 2.24) is 30.3 Å². The molecule has 2 atom stereocenters. The van der Waals surface area contributed by atoms with Crippen LogP contribution >= 0.6 is 0 Å². The molecule has 5 amide bonds. The molecule has 5 rings (SSSR count). The van der Waals surface area contributed by atoms with Crippen molar-refractivity contribution in [2.75, 3.05) is 52.5 Å². The number of rotatable bonds is 13. The molecule has 0 radical (unpaired) electrons. The highest BCUT2D eigenvalue weighted by atomic mass is 16.6. The Labute approximate surface area is 284 Å². The SMILES string of the molecule is CCOC(=O)CCC(NC(=O)c1cc(OCC(=O)N2CCCC2C(=O)NC2CC2)c2ccccc2n1)C(=O)N1CCN(C(=O)OCC)CC1. The molecule has 1 aromatic carbocycles. The van der Waals surface area contributed by atoms with E-state index in [4.69, 9.17) is 14.2 Å². The molecule has 3 fully saturated rings. The predicted molar refractivity (Wildman–Crippen MR) is 175 cm³/mol. The fourth-order valence-electron chi connectivity index (χ4n) is 5.99. The third kappa shape index (κ3) is 9.15. The Morgan fingerprint density at radius 3 is 2.35 bits per heavy atom. The number of carbonyl (C=O) groups excluding carboxylic acids is 6. The fraction of sp³-hybridized carbons (Fsp3) is 0.559. The Hall–Kier alpha value is -4.95. The van der Waals surface area contributed by atoms with Gasteiger partial charge in [0.05, 0.1) is 18.7 Å². The van der Waals surface area contributed by atoms with Crippen LogP contribution in [-0.4, -0.2) is 126 Å². The van der Waals surface area contributed by atoms with E-state index in [0.29, 0.717) is 30.3 Å². The van der Waals surface area contributed by atoms with Crippen molar-refractivity contribution < 1.29 is 43.0 Å². The van der Waals surface area contributed by atoms with Gasteiger partial charge in [0.15, 0.2) is 6.61 Å². The number of nitrogens with zero attached hydrogens (tertiary/aromatic N) is 4. The molecule has 264 valence electrons. The maximum absolute atomic E-state index is 13.7. The van der Waals surface area contributed by atoms with Gasteiger partial charge < -0.3 is 39.5 Å². The Morgan fingerprint density at radius 2 is 1.63 bits per heavy atom. The summed E-state index contributed by atoms with van der Waals surface area (Å²) in [6.45, 7) is 4.90. The molecule has 2 unspecified atom stereocenters. The van der Waals surface area contributed by atoms with Gasteiger partial charge in [-0.15, -0.1) is 0 Å². The third-order valence-corrected chi connectivity index (χ3v) is 8.72. The van der Waals surface area contributed by atoms with Crippen molar-refractivity contribution in [3.05, 3.63) is 36.0 Å². The summed E-state index contributed by atoms with van der Waals surface area (Å²) in [5.41, 5.74) is 0.384. The fourth-order valence-corrected chi connectivity index (χ4v) is 5.99. The highest BCUT2D eigenvalue weighted by molar-refractivity contribution is 5.99. The first kappa shape index (κ1) is 35.4. The van der Waals surface area contributed by atoms with Crippen LogP contribution in [0.15, 0.2) is 30.3 Å². The molecule has 1 aliphatic carbocycles. The molecule has 0 spiro atoms. The monoisotopic (exact) mass is 680 g/mol. The molecule has 2 aliphatic heterocycles. The highest BCUT2D eigenvalue weighted by Crippen LogP contribution is 2.27. The van der Waals surface area contributed by atoms with E-state index in [1.807, 2.05) is 0 Å². The second kappa shape index (κ2) is 16.4. The normalized spacial score (nSPS) is 18.1. The smallest absolute Gasteiger partial charge is 0.409 e. The van der Waals surface area contributed by atoms with Gasteiger partial charge >= 0.3 is 12.1 Å². The first-order valence-electron chi connectivity index (χ1n) is 17.0. The number of hydrogen-bond acceptors (Lipinski definition) is 10. The van der Waals surface area contributed by atoms with Gasteiger partial charge in [-0.3, -0.25) is 24.0 Å². The number of likely N-dealkylation sites (tertiary alicyclic amines) is 1. The van der Waals surface area contributed by atoms with Crippen LogP contribution in [0, 0.1) is 0 Å². The molecule has 2 N–H and O–H groups in total. The standard InChI is InChI=1S/C34H44N6O9/c1-3-47-30(42)14-13-25(33(45)38-16-18-39(19-17-38)34(46)48-4-2)37-31(43)26-20-28(23-8-5-6-9-24(23)36-26)49-21-29(41)40-15-7-10-27(40)32(44)35-22-11-12-22/h5-6,8-9,20,22,25,27H,3-4,7,10-19,21H2,1-2H3,(H,35,44)(H,37,43). The molecular weight excluding hydrogens is 636 g/mol. The zero-order valence-electron chi connectivity index (χ0n) is 28.0. The van der Waals surface area contributed by atoms with Crippen LogP contribution in [0.5, 0.6) is 5.75 Å². The van der Waals surface area contributed by atoms with Gasteiger partial charge in [-0.2, -0.15) is 0 Å². The van der Waals surface area contributed by atoms with Crippen LogP contribution in [0.25, 0.3) is 10.9 Å². The number of nitrogens with one attached hydrogen (secondary N) is 2. The van der Waals surface area contributed by atoms with Gasteiger partial charge in [0.2, 0.25) is 11.8 Å². The van der Waals surface area contributed by atoms with Gasteiger partial charge in [0, 0.05) is 56.6 Å². The molecule has 15 nitrogen and oxygen atoms in total. The van der Waals surface area contributed by atoms with Crippen molar-refractivity contribution in [2.24, 2.45) is 0 Å². The Bertz CT molecular complexity index is 1560. The molecule has 1 aromatic heterocycles. The van der Waals surface area contributed by atoms with E-state index in [1.54, 1.807) is 43.0 Å². The lowest BCUT2D eigenvalue weighted by atomic mass is 10.1. The lowest BCUT2D eigenvalue weighted by molar-refractivity contribution is -0.143. The summed E-state index contributed by atoms with van der Waals surface area (Å²) in [6.07, 6.45) is 2.63. The Balaban J connectivity index is 1.29. The molecular formula is C34H44N6O9. The zero-order valence-corrected chi connectivity index (χ0v) is 28.0. The van der Waals surface area contributed by atoms with Gasteiger partial charge in [0.1, 0.15) is 23.5 Å². The van der Waals surface area contributed by atoms with Crippen LogP contribution in [0.1, 0.15) is 62.9 Å². The molecule has 15 heteroatoms. The highest BCUT2D eigenvalue weighted by Gasteiger charge is 2.37. The number of carbonyl (C=O) groups is 6. The van der Waals surface area contributed by atoms with Crippen molar-refractivity contribution in [3.63, 3.8) is 0 Å². The number of amides is 5. The zero-order chi connectivity index (χ0) is 34.9. The molecule has 3 heterocycles. The topological polar surface area (TPSA) is 177 Å². The summed E-state index contributed by atoms with van der Waals surface area (Å²) in [4.78, 5) is 86.7.